The van der Waals surface area contributed by atoms with Crippen molar-refractivity contribution in [2.75, 3.05) is 51.4 Å². The van der Waals surface area contributed by atoms with Gasteiger partial charge in [-0.2, -0.15) is 9.97 Å². The molecule has 732 valence electrons. The number of amides is 1. The minimum Gasteiger partial charge on any atom is -0.436 e. The standard InChI is InChI=1S/C26H52N2O3.C26H35NO.C25H34N2O.C18H33N3.C17H32N4.CH4/c1-18(2)12-14-21-17-22(15-13-19(3)4)25(31)26(20(5)6,24(21)30)27-23(29)11-10-16-28(7,8)9;1-17(2)10-12-20-8-7-9-22(14-20)26-27-25-21(13-11-18(3)4)15-23(19(5)6)16-24(25)28-26;1-16(2)10-12-19-14-20(18(5)6)15-23-24(19)27-25(28-23)22-9-7-8-21(26-22)13-11-17(3)4;1-13(2)8-7-9-16-12-17(15(5)6)21-18(20-16)19-11-10-14(3)4;1-12(2)8-7-9-15-19-16(14(5)6)21-17(20-15)18-11-10-13(3)4;/h18-22,24-25,30-31H,10-17H2,1-9H3;7-9,14-19H,10-13H2,1-6H3;7-9,14-18H,10-13H2,1-6H3;12-15H,7-11H2,1-6H3,(H,19,20,21);12-14H,7-11H2,1-6H3,(H,18,19,20,21);1H4/p+1/t21-,22+,24-,25+,26?;;;;;. The van der Waals surface area contributed by atoms with E-state index < -0.39 is 17.7 Å². The minimum atomic E-state index is -0.977. The lowest BCUT2D eigenvalue weighted by Crippen LogP contribution is -2.72. The van der Waals surface area contributed by atoms with E-state index in [1.165, 1.54) is 65.6 Å². The predicted molar refractivity (Wildman–Crippen MR) is 555 cm³/mol. The smallest absolute Gasteiger partial charge is 0.246 e. The number of quaternary nitrogens is 1. The first-order valence-electron chi connectivity index (χ1n) is 51.1. The monoisotopic (exact) mass is 1800 g/mol. The molecule has 0 bridgehead atoms. The molecule has 1 fully saturated rings. The van der Waals surface area contributed by atoms with E-state index in [1.807, 2.05) is 19.9 Å². The molecule has 9 rings (SSSR count). The second-order valence-corrected chi connectivity index (χ2v) is 44.8. The van der Waals surface area contributed by atoms with Gasteiger partial charge in [0.25, 0.3) is 0 Å². The van der Waals surface area contributed by atoms with Crippen LogP contribution in [0.15, 0.2) is 81.6 Å². The number of aromatic nitrogens is 8. The molecule has 1 saturated carbocycles. The van der Waals surface area contributed by atoms with Gasteiger partial charge in [-0.25, -0.2) is 29.9 Å². The largest absolute Gasteiger partial charge is 0.436 e. The lowest BCUT2D eigenvalue weighted by Gasteiger charge is -2.55. The first kappa shape index (κ1) is 115. The van der Waals surface area contributed by atoms with Crippen LogP contribution in [0.25, 0.3) is 45.2 Å². The second-order valence-electron chi connectivity index (χ2n) is 44.8. The molecule has 1 aliphatic rings. The molecule has 8 aromatic rings. The average Bonchev–Trinajstić information content (AvgIpc) is 1.29. The lowest BCUT2D eigenvalue weighted by atomic mass is 9.60. The van der Waals surface area contributed by atoms with Crippen molar-refractivity contribution in [1.82, 2.24) is 45.2 Å². The Bertz CT molecular complexity index is 4160. The molecule has 17 nitrogen and oxygen atoms in total. The Morgan fingerprint density at radius 2 is 0.892 bits per heavy atom. The van der Waals surface area contributed by atoms with Crippen LogP contribution in [-0.2, 0) is 43.3 Å². The molecule has 0 radical (unpaired) electrons. The number of nitrogens with zero attached hydrogens (tertiary/aromatic N) is 9. The highest BCUT2D eigenvalue weighted by atomic mass is 16.4. The summed E-state index contributed by atoms with van der Waals surface area (Å²) in [6, 6.07) is 26.0. The second kappa shape index (κ2) is 57.5. The van der Waals surface area contributed by atoms with Crippen LogP contribution in [-0.4, -0.2) is 119 Å². The molecule has 5 atom stereocenters. The number of oxazole rings is 2. The summed E-state index contributed by atoms with van der Waals surface area (Å²) in [5.41, 5.74) is 14.8. The summed E-state index contributed by atoms with van der Waals surface area (Å²) in [6.07, 6.45) is 22.6. The number of aliphatic hydroxyl groups excluding tert-OH is 2. The van der Waals surface area contributed by atoms with Crippen LogP contribution < -0.4 is 16.0 Å². The van der Waals surface area contributed by atoms with Gasteiger partial charge in [0.05, 0.1) is 45.4 Å². The van der Waals surface area contributed by atoms with E-state index in [0.29, 0.717) is 83.3 Å². The Labute approximate surface area is 793 Å². The first-order valence-corrected chi connectivity index (χ1v) is 51.1. The highest BCUT2D eigenvalue weighted by Crippen LogP contribution is 2.46. The Hall–Kier alpha value is -7.21. The van der Waals surface area contributed by atoms with Crippen LogP contribution in [0.5, 0.6) is 0 Å². The normalized spacial score (nSPS) is 16.0. The Balaban J connectivity index is 0.000000342. The van der Waals surface area contributed by atoms with Gasteiger partial charge in [0.1, 0.15) is 28.4 Å². The van der Waals surface area contributed by atoms with Crippen LogP contribution >= 0.6 is 0 Å². The number of carbonyl (C=O) groups excluding carboxylic acids is 1. The summed E-state index contributed by atoms with van der Waals surface area (Å²) >= 11 is 0. The topological polar surface area (TPSA) is 223 Å². The van der Waals surface area contributed by atoms with Crippen molar-refractivity contribution in [2.45, 2.75) is 404 Å². The molecule has 5 heterocycles. The molecule has 17 heteroatoms. The lowest BCUT2D eigenvalue weighted by molar-refractivity contribution is -0.870. The van der Waals surface area contributed by atoms with Crippen LogP contribution in [0.1, 0.15) is 405 Å². The fourth-order valence-electron chi connectivity index (χ4n) is 16.4. The average molecular weight is 1800 g/mol. The minimum absolute atomic E-state index is 0. The Morgan fingerprint density at radius 3 is 1.36 bits per heavy atom. The van der Waals surface area contributed by atoms with Crippen molar-refractivity contribution < 1.29 is 28.3 Å². The highest BCUT2D eigenvalue weighted by Gasteiger charge is 2.56. The zero-order chi connectivity index (χ0) is 96.2. The Morgan fingerprint density at radius 1 is 0.431 bits per heavy atom. The van der Waals surface area contributed by atoms with Crippen molar-refractivity contribution in [2.24, 2.45) is 76.9 Å². The zero-order valence-corrected chi connectivity index (χ0v) is 87.9. The van der Waals surface area contributed by atoms with Gasteiger partial charge in [0.2, 0.25) is 29.6 Å². The molecular weight excluding hydrogens is 1610 g/mol. The summed E-state index contributed by atoms with van der Waals surface area (Å²) in [5.74, 6) is 13.4. The van der Waals surface area contributed by atoms with Crippen LogP contribution in [0.3, 0.4) is 0 Å². The van der Waals surface area contributed by atoms with E-state index in [0.717, 1.165) is 219 Å². The summed E-state index contributed by atoms with van der Waals surface area (Å²) in [7, 11) is 6.38. The molecule has 0 saturated heterocycles. The van der Waals surface area contributed by atoms with Gasteiger partial charge >= 0.3 is 0 Å². The quantitative estimate of drug-likeness (QED) is 0.0224. The van der Waals surface area contributed by atoms with Gasteiger partial charge in [0, 0.05) is 60.9 Å². The fourth-order valence-corrected chi connectivity index (χ4v) is 16.4. The molecular formula is C113H191N12O5+. The summed E-state index contributed by atoms with van der Waals surface area (Å²) in [6.45, 7) is 69.4. The van der Waals surface area contributed by atoms with Gasteiger partial charge in [-0.05, 0) is 268 Å². The van der Waals surface area contributed by atoms with Crippen molar-refractivity contribution in [3.63, 3.8) is 0 Å². The van der Waals surface area contributed by atoms with E-state index >= 15 is 0 Å². The number of hydrogen-bond acceptors (Lipinski definition) is 15. The van der Waals surface area contributed by atoms with Crippen LogP contribution in [0.2, 0.25) is 0 Å². The third-order valence-corrected chi connectivity index (χ3v) is 25.0. The maximum absolute atomic E-state index is 13.0. The molecule has 130 heavy (non-hydrogen) atoms. The summed E-state index contributed by atoms with van der Waals surface area (Å²) in [4.78, 5) is 50.7. The van der Waals surface area contributed by atoms with Crippen LogP contribution in [0, 0.1) is 76.9 Å². The van der Waals surface area contributed by atoms with Gasteiger partial charge in [-0.3, -0.25) is 4.79 Å². The molecule has 5 aromatic heterocycles. The molecule has 1 amide bonds. The number of benzene rings is 3. The maximum atomic E-state index is 13.0. The van der Waals surface area contributed by atoms with Crippen LogP contribution in [0.4, 0.5) is 11.9 Å². The number of carbonyl (C=O) groups is 1. The van der Waals surface area contributed by atoms with E-state index in [1.54, 1.807) is 0 Å². The van der Waals surface area contributed by atoms with E-state index in [-0.39, 0.29) is 31.1 Å². The molecule has 1 unspecified atom stereocenters. The third kappa shape index (κ3) is 41.3. The van der Waals surface area contributed by atoms with Gasteiger partial charge in [0.15, 0.2) is 11.2 Å². The van der Waals surface area contributed by atoms with Gasteiger partial charge in [-0.1, -0.05) is 271 Å². The number of pyridine rings is 1. The SMILES string of the molecule is C.CC(C)CCCc1cc(C(C)C)nc(NCCC(C)C)n1.CC(C)CCCc1nc(NCCC(C)C)nc(C(C)C)n1.CC(C)CC[C@@H]1C[C@H](CCC(C)C)[C@H](O)C(NC(=O)CCC[N+](C)(C)C)(C(C)C)[C@@H]1O.CC(C)CCc1cccc(-c2nc3c(CCC(C)C)cc(C(C)C)cc3o2)c1.CC(C)CCc1cccc(-c2nc3c(CCC(C)C)cc(C(C)C)cc3o2)n1. The number of rotatable bonds is 46. The fraction of sp³-hybridized carbons (Fsp3) is 0.708. The maximum Gasteiger partial charge on any atom is 0.246 e. The van der Waals surface area contributed by atoms with E-state index in [2.05, 4.69) is 323 Å². The first-order chi connectivity index (χ1) is 60.6. The molecule has 5 N–H and O–H groups in total. The van der Waals surface area contributed by atoms with Crippen molar-refractivity contribution in [3.8, 4) is 23.0 Å². The highest BCUT2D eigenvalue weighted by molar-refractivity contribution is 5.82. The van der Waals surface area contributed by atoms with Crippen molar-refractivity contribution in [1.29, 1.82) is 0 Å². The number of nitrogens with one attached hydrogen (secondary N) is 3. The van der Waals surface area contributed by atoms with Gasteiger partial charge < -0.3 is 39.5 Å². The summed E-state index contributed by atoms with van der Waals surface area (Å²) in [5, 5.41) is 33.1. The number of aryl methyl sites for hydroxylation is 6. The number of anilines is 2. The predicted octanol–water partition coefficient (Wildman–Crippen LogP) is 29.3. The van der Waals surface area contributed by atoms with Crippen molar-refractivity contribution in [3.05, 3.63) is 129 Å². The molecule has 3 aromatic carbocycles. The number of aliphatic hydroxyl groups is 2. The van der Waals surface area contributed by atoms with Crippen molar-refractivity contribution >= 4 is 40.0 Å². The summed E-state index contributed by atoms with van der Waals surface area (Å²) < 4.78 is 13.3. The number of fused-ring (bicyclic) bond motifs is 2. The van der Waals surface area contributed by atoms with Gasteiger partial charge in [-0.15, -0.1) is 0 Å². The Kier molecular flexibility index (Phi) is 50.9. The molecule has 0 aliphatic heterocycles. The molecule has 0 spiro atoms. The molecule has 1 aliphatic carbocycles. The third-order valence-electron chi connectivity index (χ3n) is 25.0. The zero-order valence-electron chi connectivity index (χ0n) is 87.9. The van der Waals surface area contributed by atoms with E-state index in [4.69, 9.17) is 23.8 Å². The number of hydrogen-bond donors (Lipinski definition) is 5. The van der Waals surface area contributed by atoms with E-state index in [9.17, 15) is 15.0 Å².